The molecule has 1 atom stereocenters. The summed E-state index contributed by atoms with van der Waals surface area (Å²) in [6.07, 6.45) is 8.84. The van der Waals surface area contributed by atoms with Crippen LogP contribution in [-0.2, 0) is 4.79 Å². The standard InChI is InChI=1S/C11H16O/c1-3-10-5-4-6-11(10)7-9(2)8-12/h3,7-9H,4-6H2,1-2H3/b10-3-,11-7-. The molecule has 1 aliphatic rings. The molecule has 0 aromatic carbocycles. The third-order valence-electron chi connectivity index (χ3n) is 2.33. The molecular formula is C11H16O. The Labute approximate surface area is 74.2 Å². The van der Waals surface area contributed by atoms with Crippen LogP contribution in [0.5, 0.6) is 0 Å². The summed E-state index contributed by atoms with van der Waals surface area (Å²) in [7, 11) is 0. The van der Waals surface area contributed by atoms with Crippen LogP contribution in [-0.4, -0.2) is 6.29 Å². The Hall–Kier alpha value is -0.850. The summed E-state index contributed by atoms with van der Waals surface area (Å²) in [5, 5.41) is 0. The van der Waals surface area contributed by atoms with Gasteiger partial charge in [-0.2, -0.15) is 0 Å². The van der Waals surface area contributed by atoms with Crippen LogP contribution in [0.25, 0.3) is 0 Å². The number of allylic oxidation sites excluding steroid dienone is 4. The normalized spacial score (nSPS) is 26.5. The number of rotatable bonds is 2. The lowest BCUT2D eigenvalue weighted by molar-refractivity contribution is -0.109. The molecular weight excluding hydrogens is 148 g/mol. The number of carbonyl (C=O) groups excluding carboxylic acids is 1. The smallest absolute Gasteiger partial charge is 0.126 e. The zero-order valence-corrected chi connectivity index (χ0v) is 7.84. The first kappa shape index (κ1) is 9.24. The van der Waals surface area contributed by atoms with Gasteiger partial charge in [0.1, 0.15) is 6.29 Å². The van der Waals surface area contributed by atoms with Gasteiger partial charge in [-0.05, 0) is 37.3 Å². The van der Waals surface area contributed by atoms with E-state index in [0.29, 0.717) is 0 Å². The molecule has 0 amide bonds. The number of aldehydes is 1. The van der Waals surface area contributed by atoms with Crippen molar-refractivity contribution in [3.8, 4) is 0 Å². The molecule has 1 saturated carbocycles. The molecule has 0 radical (unpaired) electrons. The second-order valence-electron chi connectivity index (χ2n) is 3.35. The van der Waals surface area contributed by atoms with E-state index in [2.05, 4.69) is 19.1 Å². The quantitative estimate of drug-likeness (QED) is 0.573. The van der Waals surface area contributed by atoms with Gasteiger partial charge in [-0.15, -0.1) is 0 Å². The summed E-state index contributed by atoms with van der Waals surface area (Å²) in [5.74, 6) is 0.0769. The fraction of sp³-hybridized carbons (Fsp3) is 0.545. The van der Waals surface area contributed by atoms with Crippen LogP contribution in [0.4, 0.5) is 0 Å². The molecule has 0 bridgehead atoms. The average molecular weight is 164 g/mol. The zero-order chi connectivity index (χ0) is 8.97. The molecule has 1 aliphatic carbocycles. The highest BCUT2D eigenvalue weighted by Gasteiger charge is 2.12. The maximum absolute atomic E-state index is 10.4. The van der Waals surface area contributed by atoms with Crippen LogP contribution < -0.4 is 0 Å². The van der Waals surface area contributed by atoms with Crippen molar-refractivity contribution in [2.45, 2.75) is 33.1 Å². The third-order valence-corrected chi connectivity index (χ3v) is 2.33. The van der Waals surface area contributed by atoms with Crippen molar-refractivity contribution < 1.29 is 4.79 Å². The van der Waals surface area contributed by atoms with E-state index in [0.717, 1.165) is 12.7 Å². The molecule has 12 heavy (non-hydrogen) atoms. The third kappa shape index (κ3) is 2.07. The lowest BCUT2D eigenvalue weighted by Crippen LogP contribution is -1.92. The summed E-state index contributed by atoms with van der Waals surface area (Å²) in [6, 6.07) is 0. The molecule has 1 heteroatoms. The van der Waals surface area contributed by atoms with Crippen molar-refractivity contribution in [1.29, 1.82) is 0 Å². The Morgan fingerprint density at radius 1 is 1.33 bits per heavy atom. The highest BCUT2D eigenvalue weighted by Crippen LogP contribution is 2.30. The van der Waals surface area contributed by atoms with Crippen molar-refractivity contribution in [1.82, 2.24) is 0 Å². The minimum Gasteiger partial charge on any atom is -0.303 e. The summed E-state index contributed by atoms with van der Waals surface area (Å²) >= 11 is 0. The summed E-state index contributed by atoms with van der Waals surface area (Å²) in [5.41, 5.74) is 2.82. The molecule has 0 spiro atoms. The first-order valence-electron chi connectivity index (χ1n) is 4.59. The predicted octanol–water partition coefficient (Wildman–Crippen LogP) is 2.88. The van der Waals surface area contributed by atoms with E-state index in [9.17, 15) is 4.79 Å². The Morgan fingerprint density at radius 2 is 2.00 bits per heavy atom. The first-order valence-corrected chi connectivity index (χ1v) is 4.59. The van der Waals surface area contributed by atoms with Crippen molar-refractivity contribution >= 4 is 6.29 Å². The fourth-order valence-corrected chi connectivity index (χ4v) is 1.67. The fourth-order valence-electron chi connectivity index (χ4n) is 1.67. The van der Waals surface area contributed by atoms with Gasteiger partial charge in [0, 0.05) is 5.92 Å². The summed E-state index contributed by atoms with van der Waals surface area (Å²) in [4.78, 5) is 10.4. The number of hydrogen-bond acceptors (Lipinski definition) is 1. The topological polar surface area (TPSA) is 17.1 Å². The zero-order valence-electron chi connectivity index (χ0n) is 7.84. The second kappa shape index (κ2) is 4.24. The lowest BCUT2D eigenvalue weighted by atomic mass is 10.0. The van der Waals surface area contributed by atoms with Crippen molar-refractivity contribution in [2.24, 2.45) is 5.92 Å². The molecule has 1 fully saturated rings. The van der Waals surface area contributed by atoms with Crippen LogP contribution in [0, 0.1) is 5.92 Å². The van der Waals surface area contributed by atoms with Gasteiger partial charge < -0.3 is 4.79 Å². The van der Waals surface area contributed by atoms with Gasteiger partial charge in [-0.25, -0.2) is 0 Å². The molecule has 1 nitrogen and oxygen atoms in total. The van der Waals surface area contributed by atoms with E-state index >= 15 is 0 Å². The second-order valence-corrected chi connectivity index (χ2v) is 3.35. The highest BCUT2D eigenvalue weighted by atomic mass is 16.1. The number of carbonyl (C=O) groups is 1. The SMILES string of the molecule is C/C=C1/CCC/C1=C/C(C)C=O. The molecule has 0 aliphatic heterocycles. The highest BCUT2D eigenvalue weighted by molar-refractivity contribution is 5.57. The molecule has 0 N–H and O–H groups in total. The van der Waals surface area contributed by atoms with E-state index in [1.165, 1.54) is 24.0 Å². The van der Waals surface area contributed by atoms with Crippen LogP contribution >= 0.6 is 0 Å². The van der Waals surface area contributed by atoms with Crippen LogP contribution in [0.2, 0.25) is 0 Å². The maximum atomic E-state index is 10.4. The van der Waals surface area contributed by atoms with Gasteiger partial charge in [0.05, 0.1) is 0 Å². The van der Waals surface area contributed by atoms with Crippen molar-refractivity contribution in [3.05, 3.63) is 23.3 Å². The van der Waals surface area contributed by atoms with Gasteiger partial charge in [0.25, 0.3) is 0 Å². The molecule has 0 saturated heterocycles. The minimum atomic E-state index is 0.0769. The van der Waals surface area contributed by atoms with Gasteiger partial charge in [-0.1, -0.05) is 19.1 Å². The molecule has 66 valence electrons. The molecule has 1 unspecified atom stereocenters. The summed E-state index contributed by atoms with van der Waals surface area (Å²) in [6.45, 7) is 4.01. The van der Waals surface area contributed by atoms with Crippen molar-refractivity contribution in [2.75, 3.05) is 0 Å². The minimum absolute atomic E-state index is 0.0769. The van der Waals surface area contributed by atoms with Crippen LogP contribution in [0.15, 0.2) is 23.3 Å². The lowest BCUT2D eigenvalue weighted by Gasteiger charge is -2.01. The monoisotopic (exact) mass is 164 g/mol. The van der Waals surface area contributed by atoms with E-state index in [-0.39, 0.29) is 5.92 Å². The van der Waals surface area contributed by atoms with Crippen LogP contribution in [0.1, 0.15) is 33.1 Å². The van der Waals surface area contributed by atoms with Gasteiger partial charge >= 0.3 is 0 Å². The van der Waals surface area contributed by atoms with E-state index in [1.807, 2.05) is 6.92 Å². The molecule has 1 rings (SSSR count). The van der Waals surface area contributed by atoms with E-state index in [1.54, 1.807) is 0 Å². The largest absolute Gasteiger partial charge is 0.303 e. The van der Waals surface area contributed by atoms with Gasteiger partial charge in [0.15, 0.2) is 0 Å². The molecule has 0 heterocycles. The molecule has 0 aromatic rings. The van der Waals surface area contributed by atoms with Crippen molar-refractivity contribution in [3.63, 3.8) is 0 Å². The maximum Gasteiger partial charge on any atom is 0.126 e. The molecule has 0 aromatic heterocycles. The Morgan fingerprint density at radius 3 is 2.58 bits per heavy atom. The summed E-state index contributed by atoms with van der Waals surface area (Å²) < 4.78 is 0. The first-order chi connectivity index (χ1) is 5.77. The average Bonchev–Trinajstić information content (AvgIpc) is 2.51. The Bertz CT molecular complexity index is 223. The van der Waals surface area contributed by atoms with Crippen LogP contribution in [0.3, 0.4) is 0 Å². The van der Waals surface area contributed by atoms with Gasteiger partial charge in [-0.3, -0.25) is 0 Å². The Balaban J connectivity index is 2.73. The van der Waals surface area contributed by atoms with Gasteiger partial charge in [0.2, 0.25) is 0 Å². The van der Waals surface area contributed by atoms with E-state index in [4.69, 9.17) is 0 Å². The Kier molecular flexibility index (Phi) is 3.27. The predicted molar refractivity (Wildman–Crippen MR) is 50.9 cm³/mol. The number of hydrogen-bond donors (Lipinski definition) is 0. The van der Waals surface area contributed by atoms with E-state index < -0.39 is 0 Å².